The summed E-state index contributed by atoms with van der Waals surface area (Å²) >= 11 is 0. The lowest BCUT2D eigenvalue weighted by atomic mass is 10.3. The highest BCUT2D eigenvalue weighted by atomic mass is 16.1. The van der Waals surface area contributed by atoms with Crippen molar-refractivity contribution in [1.29, 1.82) is 0 Å². The van der Waals surface area contributed by atoms with Crippen molar-refractivity contribution in [3.63, 3.8) is 0 Å². The van der Waals surface area contributed by atoms with Crippen LogP contribution in [0.1, 0.15) is 12.6 Å². The first kappa shape index (κ1) is 10.1. The molecule has 0 spiro atoms. The van der Waals surface area contributed by atoms with Crippen molar-refractivity contribution in [3.8, 4) is 0 Å². The van der Waals surface area contributed by atoms with Gasteiger partial charge in [0.1, 0.15) is 0 Å². The third-order valence-corrected chi connectivity index (χ3v) is 1.75. The van der Waals surface area contributed by atoms with Gasteiger partial charge in [0.05, 0.1) is 0 Å². The van der Waals surface area contributed by atoms with E-state index < -0.39 is 5.91 Å². The minimum atomic E-state index is -0.587. The zero-order chi connectivity index (χ0) is 10.4. The predicted molar refractivity (Wildman–Crippen MR) is 53.3 cm³/mol. The van der Waals surface area contributed by atoms with E-state index in [9.17, 15) is 4.79 Å². The lowest BCUT2D eigenvalue weighted by Gasteiger charge is -1.99. The Hall–Kier alpha value is -2.00. The maximum Gasteiger partial charge on any atom is 0.242 e. The van der Waals surface area contributed by atoms with Gasteiger partial charge in [0, 0.05) is 23.3 Å². The third-order valence-electron chi connectivity index (χ3n) is 1.75. The van der Waals surface area contributed by atoms with Gasteiger partial charge in [-0.3, -0.25) is 4.79 Å². The van der Waals surface area contributed by atoms with E-state index in [4.69, 9.17) is 5.53 Å². The molecule has 1 rings (SSSR count). The number of aryl methyl sites for hydroxylation is 1. The molecular weight excluding hydrogens is 180 g/mol. The molecule has 0 bridgehead atoms. The van der Waals surface area contributed by atoms with E-state index in [0.717, 1.165) is 12.2 Å². The molecule has 0 saturated heterocycles. The SMILES string of the molecule is CCn1cccc1/C=C/C(=O)N=[N+]=[N-]. The van der Waals surface area contributed by atoms with Crippen LogP contribution >= 0.6 is 0 Å². The maximum atomic E-state index is 10.8. The molecule has 1 aromatic rings. The van der Waals surface area contributed by atoms with Gasteiger partial charge in [0.15, 0.2) is 0 Å². The second kappa shape index (κ2) is 4.89. The van der Waals surface area contributed by atoms with Crippen LogP contribution in [0.2, 0.25) is 0 Å². The highest BCUT2D eigenvalue weighted by Gasteiger charge is 1.94. The Morgan fingerprint density at radius 2 is 2.57 bits per heavy atom. The molecule has 0 saturated carbocycles. The van der Waals surface area contributed by atoms with E-state index in [1.165, 1.54) is 6.08 Å². The van der Waals surface area contributed by atoms with Crippen molar-refractivity contribution in [2.75, 3.05) is 0 Å². The highest BCUT2D eigenvalue weighted by molar-refractivity contribution is 5.92. The van der Waals surface area contributed by atoms with Crippen LogP contribution in [0, 0.1) is 0 Å². The van der Waals surface area contributed by atoms with Crippen LogP contribution < -0.4 is 0 Å². The monoisotopic (exact) mass is 190 g/mol. The van der Waals surface area contributed by atoms with Gasteiger partial charge < -0.3 is 4.57 Å². The summed E-state index contributed by atoms with van der Waals surface area (Å²) in [5.41, 5.74) is 8.90. The van der Waals surface area contributed by atoms with E-state index in [1.54, 1.807) is 6.08 Å². The summed E-state index contributed by atoms with van der Waals surface area (Å²) in [6, 6.07) is 3.77. The van der Waals surface area contributed by atoms with Gasteiger partial charge in [0.25, 0.3) is 0 Å². The van der Waals surface area contributed by atoms with Crippen LogP contribution in [0.25, 0.3) is 16.5 Å². The molecule has 0 atom stereocenters. The fraction of sp³-hybridized carbons (Fsp3) is 0.222. The van der Waals surface area contributed by atoms with Gasteiger partial charge in [-0.1, -0.05) is 0 Å². The first-order valence-electron chi connectivity index (χ1n) is 4.20. The molecule has 0 radical (unpaired) electrons. The Kier molecular flexibility index (Phi) is 3.52. The number of aromatic nitrogens is 1. The van der Waals surface area contributed by atoms with Crippen molar-refractivity contribution in [2.45, 2.75) is 13.5 Å². The summed E-state index contributed by atoms with van der Waals surface area (Å²) in [4.78, 5) is 13.2. The zero-order valence-corrected chi connectivity index (χ0v) is 7.79. The Labute approximate surface area is 81.3 Å². The number of amides is 1. The molecule has 5 nitrogen and oxygen atoms in total. The smallest absolute Gasteiger partial charge is 0.242 e. The van der Waals surface area contributed by atoms with Crippen molar-refractivity contribution in [1.82, 2.24) is 4.57 Å². The van der Waals surface area contributed by atoms with Crippen molar-refractivity contribution >= 4 is 12.0 Å². The summed E-state index contributed by atoms with van der Waals surface area (Å²) in [5, 5.41) is 2.93. The van der Waals surface area contributed by atoms with Crippen LogP contribution in [0.15, 0.2) is 29.5 Å². The second-order valence-corrected chi connectivity index (χ2v) is 2.58. The molecule has 0 fully saturated rings. The minimum Gasteiger partial charge on any atom is -0.348 e. The Morgan fingerprint density at radius 3 is 3.21 bits per heavy atom. The third kappa shape index (κ3) is 2.50. The molecule has 1 heterocycles. The number of hydrogen-bond acceptors (Lipinski definition) is 1. The molecule has 1 amide bonds. The maximum absolute atomic E-state index is 10.8. The molecule has 0 aliphatic carbocycles. The number of rotatable bonds is 3. The van der Waals surface area contributed by atoms with Gasteiger partial charge >= 0.3 is 0 Å². The van der Waals surface area contributed by atoms with Gasteiger partial charge in [0.2, 0.25) is 5.91 Å². The fourth-order valence-corrected chi connectivity index (χ4v) is 1.10. The average Bonchev–Trinajstić information content (AvgIpc) is 2.62. The molecule has 1 aromatic heterocycles. The summed E-state index contributed by atoms with van der Waals surface area (Å²) in [5.74, 6) is -0.587. The zero-order valence-electron chi connectivity index (χ0n) is 7.79. The summed E-state index contributed by atoms with van der Waals surface area (Å²) in [6.45, 7) is 2.84. The molecule has 0 aliphatic heterocycles. The Balaban J connectivity index is 2.77. The standard InChI is InChI=1S/C9H10N4O/c1-2-13-7-3-4-8(13)5-6-9(14)11-12-10/h3-7H,2H2,1H3/b6-5+. The average molecular weight is 190 g/mol. The Morgan fingerprint density at radius 1 is 1.79 bits per heavy atom. The molecule has 0 N–H and O–H groups in total. The van der Waals surface area contributed by atoms with Gasteiger partial charge in [-0.2, -0.15) is 0 Å². The number of carbonyl (C=O) groups excluding carboxylic acids is 1. The van der Waals surface area contributed by atoms with Crippen LogP contribution in [0.3, 0.4) is 0 Å². The summed E-state index contributed by atoms with van der Waals surface area (Å²) < 4.78 is 1.97. The normalized spacial score (nSPS) is 10.1. The van der Waals surface area contributed by atoms with Crippen LogP contribution in [0.4, 0.5) is 0 Å². The second-order valence-electron chi connectivity index (χ2n) is 2.58. The van der Waals surface area contributed by atoms with Crippen LogP contribution in [-0.4, -0.2) is 10.5 Å². The molecule has 0 aliphatic rings. The van der Waals surface area contributed by atoms with Crippen molar-refractivity contribution < 1.29 is 4.79 Å². The number of azide groups is 1. The lowest BCUT2D eigenvalue weighted by molar-refractivity contribution is -0.113. The summed E-state index contributed by atoms with van der Waals surface area (Å²) in [7, 11) is 0. The first-order valence-corrected chi connectivity index (χ1v) is 4.20. The van der Waals surface area contributed by atoms with Crippen LogP contribution in [0.5, 0.6) is 0 Å². The molecule has 14 heavy (non-hydrogen) atoms. The van der Waals surface area contributed by atoms with Gasteiger partial charge in [-0.25, -0.2) is 0 Å². The van der Waals surface area contributed by atoms with E-state index in [2.05, 4.69) is 10.0 Å². The first-order chi connectivity index (χ1) is 6.77. The van der Waals surface area contributed by atoms with Crippen molar-refractivity contribution in [2.24, 2.45) is 5.11 Å². The molecule has 0 aromatic carbocycles. The molecular formula is C9H10N4O. The number of nitrogens with zero attached hydrogens (tertiary/aromatic N) is 4. The van der Waals surface area contributed by atoms with Crippen LogP contribution in [-0.2, 0) is 11.3 Å². The topological polar surface area (TPSA) is 70.8 Å². The van der Waals surface area contributed by atoms with Gasteiger partial charge in [-0.15, -0.1) is 0 Å². The highest BCUT2D eigenvalue weighted by Crippen LogP contribution is 2.04. The summed E-state index contributed by atoms with van der Waals surface area (Å²) in [6.07, 6.45) is 4.79. The lowest BCUT2D eigenvalue weighted by Crippen LogP contribution is -1.94. The number of hydrogen-bond donors (Lipinski definition) is 0. The molecule has 0 unspecified atom stereocenters. The quantitative estimate of drug-likeness (QED) is 0.312. The van der Waals surface area contributed by atoms with E-state index >= 15 is 0 Å². The van der Waals surface area contributed by atoms with E-state index in [-0.39, 0.29) is 0 Å². The number of carbonyl (C=O) groups is 1. The van der Waals surface area contributed by atoms with E-state index in [1.807, 2.05) is 29.8 Å². The minimum absolute atomic E-state index is 0.587. The molecule has 5 heteroatoms. The fourth-order valence-electron chi connectivity index (χ4n) is 1.10. The predicted octanol–water partition coefficient (Wildman–Crippen LogP) is 2.36. The van der Waals surface area contributed by atoms with Gasteiger partial charge in [-0.05, 0) is 41.9 Å². The van der Waals surface area contributed by atoms with Crippen molar-refractivity contribution in [3.05, 3.63) is 40.5 Å². The Bertz CT molecular complexity index is 399. The van der Waals surface area contributed by atoms with E-state index in [0.29, 0.717) is 0 Å². The largest absolute Gasteiger partial charge is 0.348 e. The molecule has 72 valence electrons.